The number of carbonyl (C=O) groups is 1. The topological polar surface area (TPSA) is 58.4 Å². The van der Waals surface area contributed by atoms with Crippen LogP contribution in [0.15, 0.2) is 24.3 Å². The van der Waals surface area contributed by atoms with Gasteiger partial charge in [0.25, 0.3) is 0 Å². The van der Waals surface area contributed by atoms with Crippen molar-refractivity contribution in [1.82, 2.24) is 10.2 Å². The first-order chi connectivity index (χ1) is 8.95. The molecule has 19 heavy (non-hydrogen) atoms. The Morgan fingerprint density at radius 1 is 1.47 bits per heavy atom. The molecule has 1 amide bonds. The van der Waals surface area contributed by atoms with E-state index < -0.39 is 0 Å². The quantitative estimate of drug-likeness (QED) is 0.817. The summed E-state index contributed by atoms with van der Waals surface area (Å²) in [6, 6.07) is 8.28. The van der Waals surface area contributed by atoms with Gasteiger partial charge in [0.2, 0.25) is 5.91 Å². The molecule has 0 aromatic heterocycles. The summed E-state index contributed by atoms with van der Waals surface area (Å²) in [4.78, 5) is 13.7. The maximum absolute atomic E-state index is 11.7. The summed E-state index contributed by atoms with van der Waals surface area (Å²) in [5, 5.41) is 2.81. The monoisotopic (exact) mass is 263 g/mol. The van der Waals surface area contributed by atoms with Crippen LogP contribution in [0.4, 0.5) is 0 Å². The third-order valence-corrected chi connectivity index (χ3v) is 3.12. The molecule has 4 nitrogen and oxygen atoms in total. The molecule has 0 fully saturated rings. The Labute approximate surface area is 116 Å². The number of nitrogens with zero attached hydrogens (tertiary/aromatic N) is 1. The van der Waals surface area contributed by atoms with Crippen molar-refractivity contribution in [2.75, 3.05) is 20.1 Å². The van der Waals surface area contributed by atoms with Gasteiger partial charge in [-0.3, -0.25) is 9.69 Å². The highest BCUT2D eigenvalue weighted by Gasteiger charge is 2.22. The second kappa shape index (κ2) is 7.26. The van der Waals surface area contributed by atoms with E-state index >= 15 is 0 Å². The number of hydrogen-bond donors (Lipinski definition) is 2. The number of nitrogens with two attached hydrogens (primary N) is 1. The van der Waals surface area contributed by atoms with Crippen LogP contribution in [0.25, 0.3) is 0 Å². The lowest BCUT2D eigenvalue weighted by molar-refractivity contribution is -0.122. The van der Waals surface area contributed by atoms with Crippen LogP contribution in [0.2, 0.25) is 0 Å². The van der Waals surface area contributed by atoms with Gasteiger partial charge in [-0.15, -0.1) is 0 Å². The molecule has 0 heterocycles. The fourth-order valence-corrected chi connectivity index (χ4v) is 2.39. The number of amides is 1. The number of benzene rings is 1. The van der Waals surface area contributed by atoms with Crippen LogP contribution in [-0.2, 0) is 4.79 Å². The van der Waals surface area contributed by atoms with Crippen LogP contribution in [0.5, 0.6) is 0 Å². The first kappa shape index (κ1) is 15.7. The summed E-state index contributed by atoms with van der Waals surface area (Å²) >= 11 is 0. The van der Waals surface area contributed by atoms with E-state index in [0.717, 1.165) is 5.56 Å². The fourth-order valence-electron chi connectivity index (χ4n) is 2.39. The van der Waals surface area contributed by atoms with Crippen LogP contribution in [0.1, 0.15) is 31.0 Å². The third-order valence-electron chi connectivity index (χ3n) is 3.12. The predicted molar refractivity (Wildman–Crippen MR) is 78.9 cm³/mol. The van der Waals surface area contributed by atoms with Crippen LogP contribution in [0.3, 0.4) is 0 Å². The molecule has 0 spiro atoms. The molecule has 0 aliphatic carbocycles. The molecule has 0 bridgehead atoms. The summed E-state index contributed by atoms with van der Waals surface area (Å²) in [7, 11) is 1.94. The van der Waals surface area contributed by atoms with E-state index in [-0.39, 0.29) is 18.0 Å². The van der Waals surface area contributed by atoms with Crippen LogP contribution >= 0.6 is 0 Å². The largest absolute Gasteiger partial charge is 0.355 e. The molecule has 0 saturated heterocycles. The van der Waals surface area contributed by atoms with E-state index in [0.29, 0.717) is 13.1 Å². The molecule has 0 radical (unpaired) electrons. The third kappa shape index (κ3) is 4.65. The van der Waals surface area contributed by atoms with Crippen molar-refractivity contribution in [3.8, 4) is 0 Å². The maximum Gasteiger partial charge on any atom is 0.234 e. The highest BCUT2D eigenvalue weighted by atomic mass is 16.2. The molecule has 106 valence electrons. The number of rotatable bonds is 6. The number of hydrogen-bond acceptors (Lipinski definition) is 3. The second-order valence-electron chi connectivity index (χ2n) is 5.09. The van der Waals surface area contributed by atoms with Crippen molar-refractivity contribution < 1.29 is 4.79 Å². The zero-order valence-corrected chi connectivity index (χ0v) is 12.3. The molecule has 2 unspecified atom stereocenters. The molecule has 1 aromatic rings. The van der Waals surface area contributed by atoms with Gasteiger partial charge in [0, 0.05) is 18.6 Å². The molecule has 0 aliphatic heterocycles. The van der Waals surface area contributed by atoms with E-state index in [1.807, 2.05) is 31.9 Å². The molecule has 1 rings (SSSR count). The van der Waals surface area contributed by atoms with E-state index in [1.165, 1.54) is 5.56 Å². The summed E-state index contributed by atoms with van der Waals surface area (Å²) in [5.41, 5.74) is 8.45. The Hall–Kier alpha value is -1.39. The molecular weight excluding hydrogens is 238 g/mol. The van der Waals surface area contributed by atoms with Crippen molar-refractivity contribution in [2.24, 2.45) is 5.73 Å². The van der Waals surface area contributed by atoms with Gasteiger partial charge in [0.1, 0.15) is 0 Å². The van der Waals surface area contributed by atoms with Gasteiger partial charge in [-0.1, -0.05) is 29.8 Å². The second-order valence-corrected chi connectivity index (χ2v) is 5.09. The predicted octanol–water partition coefficient (Wildman–Crippen LogP) is 1.45. The number of likely N-dealkylation sites (N-methyl/N-ethyl adjacent to an activating group) is 2. The summed E-state index contributed by atoms with van der Waals surface area (Å²) < 4.78 is 0. The summed E-state index contributed by atoms with van der Waals surface area (Å²) in [6.45, 7) is 6.96. The highest BCUT2D eigenvalue weighted by Crippen LogP contribution is 2.22. The lowest BCUT2D eigenvalue weighted by atomic mass is 9.98. The lowest BCUT2D eigenvalue weighted by Gasteiger charge is -2.31. The fraction of sp³-hybridized carbons (Fsp3) is 0.533. The normalized spacial score (nSPS) is 14.2. The average molecular weight is 263 g/mol. The summed E-state index contributed by atoms with van der Waals surface area (Å²) in [6.07, 6.45) is 0. The zero-order valence-electron chi connectivity index (χ0n) is 12.3. The van der Waals surface area contributed by atoms with E-state index in [2.05, 4.69) is 30.4 Å². The molecule has 2 atom stereocenters. The van der Waals surface area contributed by atoms with Crippen molar-refractivity contribution in [3.63, 3.8) is 0 Å². The molecule has 1 aromatic carbocycles. The number of nitrogens with one attached hydrogen (secondary N) is 1. The molecule has 3 N–H and O–H groups in total. The van der Waals surface area contributed by atoms with Crippen molar-refractivity contribution in [3.05, 3.63) is 35.4 Å². The minimum Gasteiger partial charge on any atom is -0.355 e. The van der Waals surface area contributed by atoms with Crippen molar-refractivity contribution in [1.29, 1.82) is 0 Å². The summed E-state index contributed by atoms with van der Waals surface area (Å²) in [5.74, 6) is 0.0308. The molecule has 0 aliphatic rings. The lowest BCUT2D eigenvalue weighted by Crippen LogP contribution is -2.42. The average Bonchev–Trinajstić information content (AvgIpc) is 2.28. The van der Waals surface area contributed by atoms with Crippen molar-refractivity contribution in [2.45, 2.75) is 32.9 Å². The molecular formula is C15H25N3O. The first-order valence-corrected chi connectivity index (χ1v) is 6.74. The Bertz CT molecular complexity index is 418. The standard InChI is InChI=1S/C15H25N3O/c1-5-17-14(19)10-18(4)15(12(3)16)13-8-6-7-11(2)9-13/h6-9,12,15H,5,10,16H2,1-4H3,(H,17,19). The minimum absolute atomic E-state index is 0.0308. The van der Waals surface area contributed by atoms with E-state index in [1.54, 1.807) is 0 Å². The van der Waals surface area contributed by atoms with E-state index in [4.69, 9.17) is 5.73 Å². The number of carbonyl (C=O) groups excluding carboxylic acids is 1. The zero-order chi connectivity index (χ0) is 14.4. The van der Waals surface area contributed by atoms with Gasteiger partial charge in [-0.25, -0.2) is 0 Å². The Morgan fingerprint density at radius 3 is 2.68 bits per heavy atom. The number of aryl methyl sites for hydroxylation is 1. The Kier molecular flexibility index (Phi) is 5.99. The van der Waals surface area contributed by atoms with Gasteiger partial charge in [-0.2, -0.15) is 0 Å². The SMILES string of the molecule is CCNC(=O)CN(C)C(c1cccc(C)c1)C(C)N. The van der Waals surface area contributed by atoms with Crippen LogP contribution in [-0.4, -0.2) is 37.0 Å². The van der Waals surface area contributed by atoms with Crippen molar-refractivity contribution >= 4 is 5.91 Å². The van der Waals surface area contributed by atoms with Gasteiger partial charge in [-0.05, 0) is 33.4 Å². The van der Waals surface area contributed by atoms with Gasteiger partial charge in [0.05, 0.1) is 6.54 Å². The van der Waals surface area contributed by atoms with Gasteiger partial charge < -0.3 is 11.1 Å². The first-order valence-electron chi connectivity index (χ1n) is 6.74. The van der Waals surface area contributed by atoms with Crippen LogP contribution in [0, 0.1) is 6.92 Å². The van der Waals surface area contributed by atoms with Gasteiger partial charge in [0.15, 0.2) is 0 Å². The Balaban J connectivity index is 2.85. The van der Waals surface area contributed by atoms with Crippen LogP contribution < -0.4 is 11.1 Å². The van der Waals surface area contributed by atoms with Gasteiger partial charge >= 0.3 is 0 Å². The maximum atomic E-state index is 11.7. The molecule has 4 heteroatoms. The van der Waals surface area contributed by atoms with E-state index in [9.17, 15) is 4.79 Å². The minimum atomic E-state index is -0.0405. The Morgan fingerprint density at radius 2 is 2.16 bits per heavy atom. The smallest absolute Gasteiger partial charge is 0.234 e. The molecule has 0 saturated carbocycles. The highest BCUT2D eigenvalue weighted by molar-refractivity contribution is 5.77.